The molecule has 3 aromatic rings. The number of nitrogens with one attached hydrogen (secondary N) is 1. The fraction of sp³-hybridized carbons (Fsp3) is 0.308. The molecule has 29 heavy (non-hydrogen) atoms. The predicted molar refractivity (Wildman–Crippen MR) is 119 cm³/mol. The van der Waals surface area contributed by atoms with Crippen molar-refractivity contribution in [1.82, 2.24) is 5.32 Å². The van der Waals surface area contributed by atoms with Gasteiger partial charge in [-0.2, -0.15) is 0 Å². The molecule has 0 spiro atoms. The molecule has 0 radical (unpaired) electrons. The minimum Gasteiger partial charge on any atom is -0.497 e. The second kappa shape index (κ2) is 10.2. The Morgan fingerprint density at radius 1 is 0.793 bits per heavy atom. The molecule has 0 aliphatic carbocycles. The van der Waals surface area contributed by atoms with Crippen molar-refractivity contribution in [3.8, 4) is 5.75 Å². The van der Waals surface area contributed by atoms with E-state index in [1.54, 1.807) is 7.11 Å². The van der Waals surface area contributed by atoms with Crippen LogP contribution in [0.25, 0.3) is 0 Å². The molecule has 0 unspecified atom stereocenters. The Morgan fingerprint density at radius 2 is 1.34 bits per heavy atom. The largest absolute Gasteiger partial charge is 0.497 e. The summed E-state index contributed by atoms with van der Waals surface area (Å²) in [6.45, 7) is 5.89. The van der Waals surface area contributed by atoms with Gasteiger partial charge in [0.1, 0.15) is 11.9 Å². The SMILES string of the molecule is COc1ccc(CCNC(C)(C)COC(c2ccccc2)c2ccccc2)cc1. The molecule has 0 fully saturated rings. The summed E-state index contributed by atoms with van der Waals surface area (Å²) in [5, 5.41) is 3.64. The third-order valence-corrected chi connectivity index (χ3v) is 4.99. The zero-order valence-corrected chi connectivity index (χ0v) is 17.6. The zero-order valence-electron chi connectivity index (χ0n) is 17.6. The van der Waals surface area contributed by atoms with Gasteiger partial charge in [0.05, 0.1) is 13.7 Å². The standard InChI is InChI=1S/C26H31NO2/c1-26(2,27-19-18-21-14-16-24(28-3)17-15-21)20-29-25(22-10-6-4-7-11-22)23-12-8-5-9-13-23/h4-17,25,27H,18-20H2,1-3H3. The highest BCUT2D eigenvalue weighted by atomic mass is 16.5. The third-order valence-electron chi connectivity index (χ3n) is 4.99. The van der Waals surface area contributed by atoms with Crippen LogP contribution in [0.4, 0.5) is 0 Å². The smallest absolute Gasteiger partial charge is 0.118 e. The lowest BCUT2D eigenvalue weighted by Crippen LogP contribution is -2.44. The molecule has 0 saturated carbocycles. The first kappa shape index (κ1) is 21.1. The van der Waals surface area contributed by atoms with E-state index in [1.807, 2.05) is 24.3 Å². The molecule has 0 amide bonds. The number of methoxy groups -OCH3 is 1. The van der Waals surface area contributed by atoms with Crippen molar-refractivity contribution in [3.05, 3.63) is 102 Å². The molecule has 0 saturated heterocycles. The van der Waals surface area contributed by atoms with Gasteiger partial charge >= 0.3 is 0 Å². The van der Waals surface area contributed by atoms with E-state index in [4.69, 9.17) is 9.47 Å². The molecule has 0 aromatic heterocycles. The first-order valence-electron chi connectivity index (χ1n) is 10.2. The molecule has 3 heteroatoms. The van der Waals surface area contributed by atoms with Crippen LogP contribution in [-0.4, -0.2) is 25.8 Å². The molecule has 0 aliphatic rings. The Bertz CT molecular complexity index is 805. The Hall–Kier alpha value is -2.62. The van der Waals surface area contributed by atoms with Gasteiger partial charge in [-0.15, -0.1) is 0 Å². The number of ether oxygens (including phenoxy) is 2. The number of hydrogen-bond acceptors (Lipinski definition) is 3. The van der Waals surface area contributed by atoms with Crippen LogP contribution in [0.5, 0.6) is 5.75 Å². The van der Waals surface area contributed by atoms with E-state index >= 15 is 0 Å². The Labute approximate surface area is 174 Å². The number of benzene rings is 3. The summed E-state index contributed by atoms with van der Waals surface area (Å²) in [6, 6.07) is 29.1. The van der Waals surface area contributed by atoms with Crippen LogP contribution in [-0.2, 0) is 11.2 Å². The maximum atomic E-state index is 6.43. The number of rotatable bonds is 10. The van der Waals surface area contributed by atoms with E-state index < -0.39 is 0 Å². The van der Waals surface area contributed by atoms with Gasteiger partial charge in [0.15, 0.2) is 0 Å². The first-order valence-corrected chi connectivity index (χ1v) is 10.2. The molecule has 152 valence electrons. The summed E-state index contributed by atoms with van der Waals surface area (Å²) >= 11 is 0. The van der Waals surface area contributed by atoms with Gasteiger partial charge in [0.25, 0.3) is 0 Å². The summed E-state index contributed by atoms with van der Waals surface area (Å²) in [4.78, 5) is 0. The van der Waals surface area contributed by atoms with Crippen molar-refractivity contribution >= 4 is 0 Å². The third kappa shape index (κ3) is 6.45. The van der Waals surface area contributed by atoms with Crippen molar-refractivity contribution < 1.29 is 9.47 Å². The molecular weight excluding hydrogens is 358 g/mol. The molecule has 0 heterocycles. The first-order chi connectivity index (χ1) is 14.1. The molecule has 3 rings (SSSR count). The Balaban J connectivity index is 1.57. The van der Waals surface area contributed by atoms with Crippen molar-refractivity contribution in [2.24, 2.45) is 0 Å². The van der Waals surface area contributed by atoms with Crippen LogP contribution in [0.2, 0.25) is 0 Å². The second-order valence-electron chi connectivity index (χ2n) is 7.92. The summed E-state index contributed by atoms with van der Waals surface area (Å²) in [6.07, 6.45) is 0.897. The fourth-order valence-corrected chi connectivity index (χ4v) is 3.32. The van der Waals surface area contributed by atoms with Gasteiger partial charge < -0.3 is 14.8 Å². The van der Waals surface area contributed by atoms with Crippen LogP contribution in [0.15, 0.2) is 84.9 Å². The van der Waals surface area contributed by atoms with Gasteiger partial charge in [0, 0.05) is 5.54 Å². The van der Waals surface area contributed by atoms with Crippen LogP contribution in [0.3, 0.4) is 0 Å². The van der Waals surface area contributed by atoms with Crippen molar-refractivity contribution in [2.45, 2.75) is 31.9 Å². The highest BCUT2D eigenvalue weighted by molar-refractivity contribution is 5.30. The maximum absolute atomic E-state index is 6.43. The van der Waals surface area contributed by atoms with E-state index in [1.165, 1.54) is 16.7 Å². The molecule has 0 bridgehead atoms. The van der Waals surface area contributed by atoms with Crippen molar-refractivity contribution in [2.75, 3.05) is 20.3 Å². The van der Waals surface area contributed by atoms with E-state index in [-0.39, 0.29) is 11.6 Å². The van der Waals surface area contributed by atoms with Gasteiger partial charge in [-0.1, -0.05) is 72.8 Å². The van der Waals surface area contributed by atoms with Crippen LogP contribution in [0, 0.1) is 0 Å². The fourth-order valence-electron chi connectivity index (χ4n) is 3.32. The average molecular weight is 390 g/mol. The van der Waals surface area contributed by atoms with E-state index in [0.29, 0.717) is 6.61 Å². The van der Waals surface area contributed by atoms with E-state index in [2.05, 4.69) is 79.8 Å². The lowest BCUT2D eigenvalue weighted by Gasteiger charge is -2.29. The van der Waals surface area contributed by atoms with Crippen LogP contribution in [0.1, 0.15) is 36.6 Å². The molecule has 3 nitrogen and oxygen atoms in total. The van der Waals surface area contributed by atoms with Gasteiger partial charge in [-0.3, -0.25) is 0 Å². The summed E-state index contributed by atoms with van der Waals surface area (Å²) in [5.74, 6) is 0.892. The van der Waals surface area contributed by atoms with Gasteiger partial charge in [-0.25, -0.2) is 0 Å². The zero-order chi connectivity index (χ0) is 20.5. The Morgan fingerprint density at radius 3 is 1.86 bits per heavy atom. The lowest BCUT2D eigenvalue weighted by atomic mass is 10.0. The monoisotopic (exact) mass is 389 g/mol. The average Bonchev–Trinajstić information content (AvgIpc) is 2.76. The van der Waals surface area contributed by atoms with E-state index in [9.17, 15) is 0 Å². The topological polar surface area (TPSA) is 30.5 Å². The highest BCUT2D eigenvalue weighted by Crippen LogP contribution is 2.27. The summed E-state index contributed by atoms with van der Waals surface area (Å²) < 4.78 is 11.7. The maximum Gasteiger partial charge on any atom is 0.118 e. The van der Waals surface area contributed by atoms with Crippen molar-refractivity contribution in [1.29, 1.82) is 0 Å². The minimum absolute atomic E-state index is 0.0694. The molecule has 1 N–H and O–H groups in total. The lowest BCUT2D eigenvalue weighted by molar-refractivity contribution is 0.0394. The minimum atomic E-state index is -0.131. The van der Waals surface area contributed by atoms with E-state index in [0.717, 1.165) is 18.7 Å². The summed E-state index contributed by atoms with van der Waals surface area (Å²) in [7, 11) is 1.69. The predicted octanol–water partition coefficient (Wildman–Crippen LogP) is 5.41. The van der Waals surface area contributed by atoms with Crippen molar-refractivity contribution in [3.63, 3.8) is 0 Å². The normalized spacial score (nSPS) is 11.6. The molecule has 3 aromatic carbocycles. The van der Waals surface area contributed by atoms with Crippen LogP contribution >= 0.6 is 0 Å². The Kier molecular flexibility index (Phi) is 7.45. The second-order valence-corrected chi connectivity index (χ2v) is 7.92. The molecular formula is C26H31NO2. The quantitative estimate of drug-likeness (QED) is 0.503. The highest BCUT2D eigenvalue weighted by Gasteiger charge is 2.22. The molecule has 0 atom stereocenters. The number of hydrogen-bond donors (Lipinski definition) is 1. The molecule has 0 aliphatic heterocycles. The summed E-state index contributed by atoms with van der Waals surface area (Å²) in [5.41, 5.74) is 3.51. The van der Waals surface area contributed by atoms with Crippen LogP contribution < -0.4 is 10.1 Å². The van der Waals surface area contributed by atoms with Gasteiger partial charge in [-0.05, 0) is 55.6 Å². The van der Waals surface area contributed by atoms with Gasteiger partial charge in [0.2, 0.25) is 0 Å².